The number of nitrogens with zero attached hydrogens (tertiary/aromatic N) is 1. The molecular weight excluding hydrogens is 406 g/mol. The zero-order valence-corrected chi connectivity index (χ0v) is 17.7. The molecule has 0 aliphatic carbocycles. The Morgan fingerprint density at radius 2 is 1.78 bits per heavy atom. The molecule has 0 aliphatic heterocycles. The highest BCUT2D eigenvalue weighted by molar-refractivity contribution is 5.84. The molecule has 0 aliphatic rings. The molecule has 0 saturated heterocycles. The zero-order valence-electron chi connectivity index (χ0n) is 17.7. The summed E-state index contributed by atoms with van der Waals surface area (Å²) in [5.74, 6) is 2.07. The largest absolute Gasteiger partial charge is 0.375 e. The van der Waals surface area contributed by atoms with Crippen molar-refractivity contribution in [3.8, 4) is 12.3 Å². The van der Waals surface area contributed by atoms with Crippen LogP contribution in [0.4, 0.5) is 8.78 Å². The van der Waals surface area contributed by atoms with Gasteiger partial charge in [0.05, 0.1) is 18.7 Å². The third-order valence-electron chi connectivity index (χ3n) is 5.31. The van der Waals surface area contributed by atoms with E-state index in [-0.39, 0.29) is 11.6 Å². The molecule has 4 aromatic rings. The Balaban J connectivity index is 1.33. The molecule has 3 nitrogen and oxygen atoms in total. The Morgan fingerprint density at radius 1 is 0.938 bits per heavy atom. The van der Waals surface area contributed by atoms with Gasteiger partial charge in [-0.1, -0.05) is 30.2 Å². The smallest absolute Gasteiger partial charge is 0.125 e. The molecular formula is C27H24F2N2O. The maximum absolute atomic E-state index is 14.3. The van der Waals surface area contributed by atoms with Gasteiger partial charge < -0.3 is 14.6 Å². The molecule has 0 amide bonds. The molecule has 3 aromatic carbocycles. The van der Waals surface area contributed by atoms with E-state index in [0.717, 1.165) is 33.2 Å². The molecule has 4 rings (SSSR count). The van der Waals surface area contributed by atoms with Gasteiger partial charge in [-0.15, -0.1) is 6.42 Å². The Labute approximate surface area is 186 Å². The highest BCUT2D eigenvalue weighted by Gasteiger charge is 2.09. The van der Waals surface area contributed by atoms with Crippen LogP contribution >= 0.6 is 0 Å². The molecule has 162 valence electrons. The van der Waals surface area contributed by atoms with Crippen molar-refractivity contribution < 1.29 is 13.5 Å². The van der Waals surface area contributed by atoms with Crippen molar-refractivity contribution >= 4 is 10.9 Å². The summed E-state index contributed by atoms with van der Waals surface area (Å²) < 4.78 is 35.1. The fraction of sp³-hybridized carbons (Fsp3) is 0.185. The second kappa shape index (κ2) is 10.2. The summed E-state index contributed by atoms with van der Waals surface area (Å²) in [5, 5.41) is 4.31. The van der Waals surface area contributed by atoms with Crippen molar-refractivity contribution in [1.29, 1.82) is 0 Å². The Bertz CT molecular complexity index is 1240. The van der Waals surface area contributed by atoms with Gasteiger partial charge in [-0.3, -0.25) is 0 Å². The number of hydrogen-bond acceptors (Lipinski definition) is 2. The summed E-state index contributed by atoms with van der Waals surface area (Å²) in [4.78, 5) is 0. The van der Waals surface area contributed by atoms with Gasteiger partial charge in [0.15, 0.2) is 0 Å². The molecule has 0 unspecified atom stereocenters. The summed E-state index contributed by atoms with van der Waals surface area (Å²) >= 11 is 0. The van der Waals surface area contributed by atoms with E-state index in [1.54, 1.807) is 18.2 Å². The van der Waals surface area contributed by atoms with E-state index in [9.17, 15) is 8.78 Å². The van der Waals surface area contributed by atoms with Gasteiger partial charge in [0.2, 0.25) is 0 Å². The fourth-order valence-corrected chi connectivity index (χ4v) is 3.71. The normalized spacial score (nSPS) is 11.0. The highest BCUT2D eigenvalue weighted by Crippen LogP contribution is 2.23. The summed E-state index contributed by atoms with van der Waals surface area (Å²) in [7, 11) is 0. The first-order valence-corrected chi connectivity index (χ1v) is 10.5. The number of terminal acetylenes is 1. The number of rotatable bonds is 9. The van der Waals surface area contributed by atoms with Gasteiger partial charge in [0.25, 0.3) is 0 Å². The van der Waals surface area contributed by atoms with Crippen LogP contribution < -0.4 is 5.32 Å². The van der Waals surface area contributed by atoms with E-state index in [4.69, 9.17) is 11.2 Å². The van der Waals surface area contributed by atoms with Crippen LogP contribution in [0.1, 0.15) is 22.3 Å². The average Bonchev–Trinajstić information content (AvgIpc) is 3.20. The molecule has 0 atom stereocenters. The number of aromatic nitrogens is 1. The Kier molecular flexibility index (Phi) is 6.96. The van der Waals surface area contributed by atoms with Crippen molar-refractivity contribution in [2.45, 2.75) is 19.7 Å². The molecule has 5 heteroatoms. The topological polar surface area (TPSA) is 26.2 Å². The van der Waals surface area contributed by atoms with Gasteiger partial charge >= 0.3 is 0 Å². The first-order chi connectivity index (χ1) is 15.6. The minimum Gasteiger partial charge on any atom is -0.375 e. The van der Waals surface area contributed by atoms with Crippen LogP contribution in [0.3, 0.4) is 0 Å². The molecule has 1 heterocycles. The summed E-state index contributed by atoms with van der Waals surface area (Å²) in [6.45, 7) is 2.75. The maximum Gasteiger partial charge on any atom is 0.125 e. The SMILES string of the molecule is C#Cc1cccc(COCCNCc2cc(F)cc3c2ccn3Cc2ccc(F)cc2)c1. The lowest BCUT2D eigenvalue weighted by atomic mass is 10.1. The maximum atomic E-state index is 14.3. The van der Waals surface area contributed by atoms with Crippen molar-refractivity contribution in [3.63, 3.8) is 0 Å². The molecule has 32 heavy (non-hydrogen) atoms. The van der Waals surface area contributed by atoms with Gasteiger partial charge in [0, 0.05) is 36.8 Å². The predicted molar refractivity (Wildman–Crippen MR) is 123 cm³/mol. The van der Waals surface area contributed by atoms with Gasteiger partial charge in [-0.25, -0.2) is 8.78 Å². The van der Waals surface area contributed by atoms with Crippen molar-refractivity contribution in [2.75, 3.05) is 13.2 Å². The van der Waals surface area contributed by atoms with E-state index in [0.29, 0.717) is 32.8 Å². The van der Waals surface area contributed by atoms with Gasteiger partial charge in [-0.05, 0) is 59.2 Å². The van der Waals surface area contributed by atoms with E-state index < -0.39 is 0 Å². The number of halogens is 2. The molecule has 0 radical (unpaired) electrons. The second-order valence-corrected chi connectivity index (χ2v) is 7.64. The number of fused-ring (bicyclic) bond motifs is 1. The van der Waals surface area contributed by atoms with Crippen LogP contribution in [0.2, 0.25) is 0 Å². The number of benzene rings is 3. The van der Waals surface area contributed by atoms with Gasteiger partial charge in [0.1, 0.15) is 11.6 Å². The van der Waals surface area contributed by atoms with E-state index in [1.165, 1.54) is 18.2 Å². The van der Waals surface area contributed by atoms with E-state index in [2.05, 4.69) is 11.2 Å². The van der Waals surface area contributed by atoms with Crippen LogP contribution in [0.5, 0.6) is 0 Å². The summed E-state index contributed by atoms with van der Waals surface area (Å²) in [5.41, 5.74) is 4.54. The van der Waals surface area contributed by atoms with Crippen molar-refractivity contribution in [2.24, 2.45) is 0 Å². The number of hydrogen-bond donors (Lipinski definition) is 1. The van der Waals surface area contributed by atoms with Crippen molar-refractivity contribution in [3.05, 3.63) is 107 Å². The molecule has 1 aromatic heterocycles. The Morgan fingerprint density at radius 3 is 2.59 bits per heavy atom. The lowest BCUT2D eigenvalue weighted by molar-refractivity contribution is 0.122. The van der Waals surface area contributed by atoms with Crippen LogP contribution in [-0.2, 0) is 24.4 Å². The lowest BCUT2D eigenvalue weighted by Gasteiger charge is -2.10. The average molecular weight is 430 g/mol. The van der Waals surface area contributed by atoms with Crippen LogP contribution in [0.15, 0.2) is 72.9 Å². The Hall–Kier alpha value is -3.46. The first-order valence-electron chi connectivity index (χ1n) is 10.5. The zero-order chi connectivity index (χ0) is 22.3. The molecule has 0 saturated carbocycles. The molecule has 1 N–H and O–H groups in total. The fourth-order valence-electron chi connectivity index (χ4n) is 3.71. The lowest BCUT2D eigenvalue weighted by Crippen LogP contribution is -2.19. The van der Waals surface area contributed by atoms with Crippen molar-refractivity contribution in [1.82, 2.24) is 9.88 Å². The summed E-state index contributed by atoms with van der Waals surface area (Å²) in [6, 6.07) is 19.2. The van der Waals surface area contributed by atoms with E-state index >= 15 is 0 Å². The number of nitrogens with one attached hydrogen (secondary N) is 1. The van der Waals surface area contributed by atoms with E-state index in [1.807, 2.05) is 41.1 Å². The molecule has 0 fully saturated rings. The number of ether oxygens (including phenoxy) is 1. The second-order valence-electron chi connectivity index (χ2n) is 7.64. The van der Waals surface area contributed by atoms with Crippen LogP contribution in [0, 0.1) is 24.0 Å². The third-order valence-corrected chi connectivity index (χ3v) is 5.31. The summed E-state index contributed by atoms with van der Waals surface area (Å²) in [6.07, 6.45) is 7.36. The minimum absolute atomic E-state index is 0.268. The minimum atomic E-state index is -0.280. The molecule has 0 spiro atoms. The molecule has 0 bridgehead atoms. The monoisotopic (exact) mass is 430 g/mol. The third kappa shape index (κ3) is 5.42. The highest BCUT2D eigenvalue weighted by atomic mass is 19.1. The first kappa shape index (κ1) is 21.8. The standard InChI is InChI=1S/C27H24F2N2O/c1-2-20-4-3-5-22(14-20)19-32-13-11-30-17-23-15-25(29)16-27-26(23)10-12-31(27)18-21-6-8-24(28)9-7-21/h1,3-10,12,14-16,30H,11,13,17-19H2. The van der Waals surface area contributed by atoms with Gasteiger partial charge in [-0.2, -0.15) is 0 Å². The van der Waals surface area contributed by atoms with Crippen LogP contribution in [0.25, 0.3) is 10.9 Å². The quantitative estimate of drug-likeness (QED) is 0.290. The predicted octanol–water partition coefficient (Wildman–Crippen LogP) is 5.26. The van der Waals surface area contributed by atoms with Crippen LogP contribution in [-0.4, -0.2) is 17.7 Å².